The van der Waals surface area contributed by atoms with Gasteiger partial charge < -0.3 is 5.11 Å². The normalized spacial score (nSPS) is 25.8. The van der Waals surface area contributed by atoms with E-state index in [0.29, 0.717) is 5.92 Å². The molecule has 0 spiro atoms. The molecule has 1 aliphatic rings. The number of hydrogen-bond acceptors (Lipinski definition) is 1. The Morgan fingerprint density at radius 1 is 0.938 bits per heavy atom. The Hall–Kier alpha value is -0.820. The van der Waals surface area contributed by atoms with Crippen LogP contribution >= 0.6 is 0 Å². The Morgan fingerprint density at radius 3 is 1.94 bits per heavy atom. The lowest BCUT2D eigenvalue weighted by atomic mass is 9.79. The van der Waals surface area contributed by atoms with Gasteiger partial charge in [0.25, 0.3) is 0 Å². The molecule has 1 nitrogen and oxygen atoms in total. The number of benzene rings is 1. The summed E-state index contributed by atoms with van der Waals surface area (Å²) in [6.45, 7) is 6.61. The number of aliphatic hydroxyl groups is 1. The van der Waals surface area contributed by atoms with Crippen LogP contribution in [0.25, 0.3) is 0 Å². The smallest absolute Gasteiger partial charge is 0.0540 e. The van der Waals surface area contributed by atoms with Crippen molar-refractivity contribution >= 4 is 0 Å². The van der Waals surface area contributed by atoms with Gasteiger partial charge in [0.1, 0.15) is 0 Å². The van der Waals surface area contributed by atoms with Gasteiger partial charge in [-0.25, -0.2) is 0 Å². The summed E-state index contributed by atoms with van der Waals surface area (Å²) >= 11 is 0. The number of aryl methyl sites for hydroxylation is 3. The van der Waals surface area contributed by atoms with Crippen molar-refractivity contribution in [1.29, 1.82) is 0 Å². The third kappa shape index (κ3) is 2.30. The van der Waals surface area contributed by atoms with Crippen molar-refractivity contribution in [3.63, 3.8) is 0 Å². The van der Waals surface area contributed by atoms with Crippen LogP contribution in [0.3, 0.4) is 0 Å². The van der Waals surface area contributed by atoms with Crippen LogP contribution in [0.15, 0.2) is 12.1 Å². The molecule has 1 aromatic carbocycles. The highest BCUT2D eigenvalue weighted by atomic mass is 16.3. The van der Waals surface area contributed by atoms with Crippen molar-refractivity contribution in [3.8, 4) is 0 Å². The van der Waals surface area contributed by atoms with E-state index in [-0.39, 0.29) is 6.10 Å². The highest BCUT2D eigenvalue weighted by Gasteiger charge is 2.23. The van der Waals surface area contributed by atoms with Crippen LogP contribution in [-0.4, -0.2) is 11.2 Å². The Morgan fingerprint density at radius 2 is 1.44 bits per heavy atom. The van der Waals surface area contributed by atoms with E-state index in [1.807, 2.05) is 0 Å². The molecular weight excluding hydrogens is 196 g/mol. The number of aliphatic hydroxyl groups excluding tert-OH is 1. The first-order valence-corrected chi connectivity index (χ1v) is 6.33. The maximum absolute atomic E-state index is 9.56. The van der Waals surface area contributed by atoms with Crippen molar-refractivity contribution < 1.29 is 5.11 Å². The van der Waals surface area contributed by atoms with Gasteiger partial charge in [0.05, 0.1) is 6.10 Å². The average molecular weight is 218 g/mol. The molecule has 0 amide bonds. The van der Waals surface area contributed by atoms with Crippen molar-refractivity contribution in [2.75, 3.05) is 0 Å². The molecule has 1 aliphatic carbocycles. The first-order valence-electron chi connectivity index (χ1n) is 6.33. The second kappa shape index (κ2) is 4.58. The zero-order chi connectivity index (χ0) is 11.7. The van der Waals surface area contributed by atoms with E-state index in [9.17, 15) is 5.11 Å². The highest BCUT2D eigenvalue weighted by Crippen LogP contribution is 2.36. The minimum Gasteiger partial charge on any atom is -0.393 e. The van der Waals surface area contributed by atoms with Crippen LogP contribution in [0.4, 0.5) is 0 Å². The Labute approximate surface area is 98.5 Å². The second-order valence-electron chi connectivity index (χ2n) is 5.32. The third-order valence-corrected chi connectivity index (χ3v) is 3.84. The molecule has 0 unspecified atom stereocenters. The Bertz CT molecular complexity index is 350. The molecule has 1 fully saturated rings. The fraction of sp³-hybridized carbons (Fsp3) is 0.600. The predicted molar refractivity (Wildman–Crippen MR) is 67.9 cm³/mol. The summed E-state index contributed by atoms with van der Waals surface area (Å²) in [4.78, 5) is 0. The van der Waals surface area contributed by atoms with Gasteiger partial charge >= 0.3 is 0 Å². The molecule has 1 heteroatoms. The lowest BCUT2D eigenvalue weighted by Gasteiger charge is -2.28. The van der Waals surface area contributed by atoms with Crippen LogP contribution < -0.4 is 0 Å². The van der Waals surface area contributed by atoms with Crippen LogP contribution in [-0.2, 0) is 0 Å². The molecule has 1 aromatic rings. The molecule has 1 saturated carbocycles. The summed E-state index contributed by atoms with van der Waals surface area (Å²) in [5, 5.41) is 9.56. The lowest BCUT2D eigenvalue weighted by Crippen LogP contribution is -2.18. The van der Waals surface area contributed by atoms with E-state index in [1.54, 1.807) is 0 Å². The zero-order valence-electron chi connectivity index (χ0n) is 10.6. The standard InChI is InChI=1S/C15H22O/c1-10-8-11(2)15(12(3)9-10)13-4-6-14(16)7-5-13/h8-9,13-14,16H,4-7H2,1-3H3. The Kier molecular flexibility index (Phi) is 3.34. The minimum absolute atomic E-state index is 0.0534. The highest BCUT2D eigenvalue weighted by molar-refractivity contribution is 5.40. The summed E-state index contributed by atoms with van der Waals surface area (Å²) in [6.07, 6.45) is 4.18. The van der Waals surface area contributed by atoms with Crippen LogP contribution in [0.1, 0.15) is 53.9 Å². The maximum Gasteiger partial charge on any atom is 0.0540 e. The quantitative estimate of drug-likeness (QED) is 0.763. The van der Waals surface area contributed by atoms with E-state index in [0.717, 1.165) is 25.7 Å². The van der Waals surface area contributed by atoms with Gasteiger partial charge in [0.2, 0.25) is 0 Å². The van der Waals surface area contributed by atoms with Gasteiger partial charge in [-0.15, -0.1) is 0 Å². The summed E-state index contributed by atoms with van der Waals surface area (Å²) < 4.78 is 0. The third-order valence-electron chi connectivity index (χ3n) is 3.84. The molecule has 0 heterocycles. The molecule has 16 heavy (non-hydrogen) atoms. The molecule has 0 aliphatic heterocycles. The molecular formula is C15H22O. The maximum atomic E-state index is 9.56. The van der Waals surface area contributed by atoms with Crippen LogP contribution in [0, 0.1) is 20.8 Å². The first kappa shape index (κ1) is 11.7. The molecule has 88 valence electrons. The second-order valence-corrected chi connectivity index (χ2v) is 5.32. The van der Waals surface area contributed by atoms with Gasteiger partial charge in [0.15, 0.2) is 0 Å². The molecule has 0 saturated heterocycles. The molecule has 0 aromatic heterocycles. The molecule has 2 rings (SSSR count). The number of rotatable bonds is 1. The summed E-state index contributed by atoms with van der Waals surface area (Å²) in [6, 6.07) is 4.57. The molecule has 1 N–H and O–H groups in total. The fourth-order valence-corrected chi connectivity index (χ4v) is 3.20. The zero-order valence-corrected chi connectivity index (χ0v) is 10.6. The predicted octanol–water partition coefficient (Wildman–Crippen LogP) is 3.63. The number of hydrogen-bond donors (Lipinski definition) is 1. The summed E-state index contributed by atoms with van der Waals surface area (Å²) in [7, 11) is 0. The van der Waals surface area contributed by atoms with Crippen molar-refractivity contribution in [1.82, 2.24) is 0 Å². The molecule has 0 bridgehead atoms. The topological polar surface area (TPSA) is 20.2 Å². The minimum atomic E-state index is -0.0534. The van der Waals surface area contributed by atoms with Gasteiger partial charge in [-0.05, 0) is 69.1 Å². The van der Waals surface area contributed by atoms with Crippen LogP contribution in [0.5, 0.6) is 0 Å². The van der Waals surface area contributed by atoms with Gasteiger partial charge in [-0.3, -0.25) is 0 Å². The molecule has 0 atom stereocenters. The van der Waals surface area contributed by atoms with Gasteiger partial charge in [-0.1, -0.05) is 17.7 Å². The van der Waals surface area contributed by atoms with Crippen molar-refractivity contribution in [2.45, 2.75) is 58.5 Å². The van der Waals surface area contributed by atoms with E-state index >= 15 is 0 Å². The van der Waals surface area contributed by atoms with E-state index in [4.69, 9.17) is 0 Å². The van der Waals surface area contributed by atoms with Gasteiger partial charge in [0, 0.05) is 0 Å². The SMILES string of the molecule is Cc1cc(C)c(C2CCC(O)CC2)c(C)c1. The van der Waals surface area contributed by atoms with Crippen LogP contribution in [0.2, 0.25) is 0 Å². The first-order chi connectivity index (χ1) is 7.58. The van der Waals surface area contributed by atoms with Crippen molar-refractivity contribution in [2.24, 2.45) is 0 Å². The van der Waals surface area contributed by atoms with E-state index in [1.165, 1.54) is 22.3 Å². The van der Waals surface area contributed by atoms with Crippen molar-refractivity contribution in [3.05, 3.63) is 34.4 Å². The molecule has 0 radical (unpaired) electrons. The van der Waals surface area contributed by atoms with Gasteiger partial charge in [-0.2, -0.15) is 0 Å². The van der Waals surface area contributed by atoms with E-state index < -0.39 is 0 Å². The largest absolute Gasteiger partial charge is 0.393 e. The monoisotopic (exact) mass is 218 g/mol. The fourth-order valence-electron chi connectivity index (χ4n) is 3.20. The summed E-state index contributed by atoms with van der Waals surface area (Å²) in [5.41, 5.74) is 5.75. The summed E-state index contributed by atoms with van der Waals surface area (Å²) in [5.74, 6) is 0.670. The van der Waals surface area contributed by atoms with E-state index in [2.05, 4.69) is 32.9 Å². The lowest BCUT2D eigenvalue weighted by molar-refractivity contribution is 0.122. The Balaban J connectivity index is 2.26. The average Bonchev–Trinajstić information content (AvgIpc) is 2.19.